The number of benzene rings is 1. The van der Waals surface area contributed by atoms with Crippen molar-refractivity contribution in [2.24, 2.45) is 5.92 Å². The number of hydrogen-bond donors (Lipinski definition) is 2. The second kappa shape index (κ2) is 16.2. The number of nitrogens with one attached hydrogen (secondary N) is 2. The van der Waals surface area contributed by atoms with Crippen LogP contribution in [0.3, 0.4) is 0 Å². The summed E-state index contributed by atoms with van der Waals surface area (Å²) < 4.78 is 23.5. The first-order valence-electron chi connectivity index (χ1n) is 22.1. The van der Waals surface area contributed by atoms with Gasteiger partial charge in [-0.15, -0.1) is 0 Å². The van der Waals surface area contributed by atoms with E-state index in [1.54, 1.807) is 13.3 Å². The number of halogens is 1. The maximum absolute atomic E-state index is 15.9. The van der Waals surface area contributed by atoms with Crippen LogP contribution in [0.1, 0.15) is 92.0 Å². The van der Waals surface area contributed by atoms with Crippen LogP contribution >= 0.6 is 0 Å². The first-order valence-corrected chi connectivity index (χ1v) is 22.1. The van der Waals surface area contributed by atoms with Crippen LogP contribution in [0.4, 0.5) is 33.5 Å². The van der Waals surface area contributed by atoms with Crippen molar-refractivity contribution in [3.05, 3.63) is 53.6 Å². The van der Waals surface area contributed by atoms with Gasteiger partial charge in [0.05, 0.1) is 33.8 Å². The number of imide groups is 2. The summed E-state index contributed by atoms with van der Waals surface area (Å²) >= 11 is 0. The fraction of sp³-hybridized carbons (Fsp3) is 0.545. The van der Waals surface area contributed by atoms with Gasteiger partial charge in [0.15, 0.2) is 5.82 Å². The van der Waals surface area contributed by atoms with Gasteiger partial charge in [-0.1, -0.05) is 0 Å². The molecule has 3 atom stereocenters. The molecule has 6 aliphatic rings. The van der Waals surface area contributed by atoms with Crippen molar-refractivity contribution in [1.82, 2.24) is 39.8 Å². The molecule has 0 aliphatic carbocycles. The van der Waals surface area contributed by atoms with E-state index in [9.17, 15) is 19.2 Å². The molecule has 4 aromatic rings. The number of nitrogens with zero attached hydrogens (tertiary/aromatic N) is 10. The third-order valence-electron chi connectivity index (χ3n) is 13.8. The number of carbonyl (C=O) groups excluding carboxylic acids is 4. The molecule has 4 amide bonds. The van der Waals surface area contributed by atoms with E-state index in [1.807, 2.05) is 12.3 Å². The van der Waals surface area contributed by atoms with Crippen LogP contribution < -0.4 is 25.3 Å². The summed E-state index contributed by atoms with van der Waals surface area (Å²) in [5.41, 5.74) is 1.41. The monoisotopic (exact) mass is 848 g/mol. The van der Waals surface area contributed by atoms with E-state index < -0.39 is 35.5 Å². The number of rotatable bonds is 10. The van der Waals surface area contributed by atoms with Crippen LogP contribution in [0.2, 0.25) is 0 Å². The zero-order chi connectivity index (χ0) is 42.8. The van der Waals surface area contributed by atoms with Crippen molar-refractivity contribution < 1.29 is 28.3 Å². The molecule has 1 aromatic carbocycles. The first kappa shape index (κ1) is 40.3. The molecule has 5 fully saturated rings. The van der Waals surface area contributed by atoms with E-state index >= 15 is 4.39 Å². The second-order valence-electron chi connectivity index (χ2n) is 18.0. The highest BCUT2D eigenvalue weighted by Crippen LogP contribution is 2.40. The van der Waals surface area contributed by atoms with Gasteiger partial charge < -0.3 is 24.8 Å². The minimum absolute atomic E-state index is 0.0257. The highest BCUT2D eigenvalue weighted by Gasteiger charge is 2.47. The number of piperidine rings is 3. The lowest BCUT2D eigenvalue weighted by Crippen LogP contribution is -2.55. The number of carbonyl (C=O) groups is 4. The molecule has 9 heterocycles. The number of fused-ring (bicyclic) bond motifs is 4. The molecule has 18 heteroatoms. The summed E-state index contributed by atoms with van der Waals surface area (Å²) in [5.74, 6) is 0.551. The van der Waals surface area contributed by atoms with Gasteiger partial charge in [-0.2, -0.15) is 10.1 Å². The number of pyridine rings is 1. The molecule has 2 N–H and O–H groups in total. The number of aromatic nitrogens is 5. The molecule has 0 spiro atoms. The van der Waals surface area contributed by atoms with Gasteiger partial charge in [0.1, 0.15) is 23.5 Å². The fourth-order valence-corrected chi connectivity index (χ4v) is 10.6. The number of piperazine rings is 1. The molecule has 3 aromatic heterocycles. The van der Waals surface area contributed by atoms with Gasteiger partial charge in [0.2, 0.25) is 17.8 Å². The summed E-state index contributed by atoms with van der Waals surface area (Å²) in [4.78, 5) is 75.4. The van der Waals surface area contributed by atoms with Crippen LogP contribution in [0.15, 0.2) is 36.7 Å². The van der Waals surface area contributed by atoms with Gasteiger partial charge in [0.25, 0.3) is 11.8 Å². The number of anilines is 5. The SMILES string of the molecule is COC1CCN(c2nccc(Nc3cc4c(cn3)c(N3CCC(CN5CC6CCC(C5)N6c5cc6c(cc5F)C(=O)N(C5CCC(=O)NC5=O)C6=O)CC3)nn4C(C)C)n2)CC1. The van der Waals surface area contributed by atoms with E-state index in [4.69, 9.17) is 19.8 Å². The quantitative estimate of drug-likeness (QED) is 0.217. The van der Waals surface area contributed by atoms with Crippen LogP contribution in [0.25, 0.3) is 10.9 Å². The van der Waals surface area contributed by atoms with E-state index in [0.29, 0.717) is 29.2 Å². The number of ether oxygens (including phenoxy) is 1. The molecule has 10 rings (SSSR count). The number of methoxy groups -OCH3 is 1. The minimum Gasteiger partial charge on any atom is -0.381 e. The summed E-state index contributed by atoms with van der Waals surface area (Å²) in [7, 11) is 1.77. The largest absolute Gasteiger partial charge is 0.381 e. The predicted molar refractivity (Wildman–Crippen MR) is 229 cm³/mol. The van der Waals surface area contributed by atoms with Gasteiger partial charge in [-0.05, 0) is 82.9 Å². The summed E-state index contributed by atoms with van der Waals surface area (Å²) in [6.07, 6.45) is 9.83. The van der Waals surface area contributed by atoms with Crippen molar-refractivity contribution in [2.75, 3.05) is 72.9 Å². The molecule has 2 bridgehead atoms. The lowest BCUT2D eigenvalue weighted by atomic mass is 9.95. The standard InChI is InChI=1S/C44H53FN12O5/c1-25(2)57-35-20-38(48-37-8-13-46-44(49-37)54-16-11-29(62-3)12-17-54)47-21-32(35)40(51-57)53-14-9-26(10-15-53)22-52-23-27-4-5-28(24-52)55(27)36-19-31-30(18-33(36)45)42(60)56(43(31)61)34-6-7-39(58)50-41(34)59/h8,13,18-21,25-29,34H,4-7,9-12,14-17,22-24H2,1-3H3,(H,50,58,59)(H,46,47,48,49). The number of hydrogen-bond acceptors (Lipinski definition) is 14. The fourth-order valence-electron chi connectivity index (χ4n) is 10.6. The van der Waals surface area contributed by atoms with Crippen LogP contribution in [0.5, 0.6) is 0 Å². The third-order valence-corrected chi connectivity index (χ3v) is 13.8. The Hall–Kier alpha value is -5.75. The predicted octanol–water partition coefficient (Wildman–Crippen LogP) is 4.27. The maximum atomic E-state index is 15.9. The van der Waals surface area contributed by atoms with Crippen molar-refractivity contribution in [3.8, 4) is 0 Å². The summed E-state index contributed by atoms with van der Waals surface area (Å²) in [5, 5.41) is 11.8. The topological polar surface area (TPSA) is 174 Å². The Morgan fingerprint density at radius 3 is 2.27 bits per heavy atom. The zero-order valence-corrected chi connectivity index (χ0v) is 35.4. The normalized spacial score (nSPS) is 23.9. The molecule has 5 saturated heterocycles. The van der Waals surface area contributed by atoms with E-state index in [0.717, 1.165) is 112 Å². The Morgan fingerprint density at radius 2 is 1.58 bits per heavy atom. The van der Waals surface area contributed by atoms with Crippen molar-refractivity contribution >= 4 is 63.6 Å². The average molecular weight is 849 g/mol. The highest BCUT2D eigenvalue weighted by molar-refractivity contribution is 6.23. The van der Waals surface area contributed by atoms with E-state index in [2.05, 4.69) is 59.8 Å². The molecular formula is C44H53FN12O5. The highest BCUT2D eigenvalue weighted by atomic mass is 19.1. The zero-order valence-electron chi connectivity index (χ0n) is 35.4. The van der Waals surface area contributed by atoms with Crippen LogP contribution in [0, 0.1) is 11.7 Å². The molecule has 326 valence electrons. The Labute approximate surface area is 359 Å². The Balaban J connectivity index is 0.773. The molecule has 0 radical (unpaired) electrons. The average Bonchev–Trinajstić information content (AvgIpc) is 3.86. The molecule has 17 nitrogen and oxygen atoms in total. The summed E-state index contributed by atoms with van der Waals surface area (Å²) in [6.45, 7) is 10.3. The third kappa shape index (κ3) is 7.29. The van der Waals surface area contributed by atoms with Crippen molar-refractivity contribution in [2.45, 2.75) is 95.5 Å². The lowest BCUT2D eigenvalue weighted by Gasteiger charge is -2.44. The number of amides is 4. The van der Waals surface area contributed by atoms with Gasteiger partial charge in [0, 0.05) is 95.9 Å². The first-order chi connectivity index (χ1) is 30.0. The Kier molecular flexibility index (Phi) is 10.5. The van der Waals surface area contributed by atoms with Gasteiger partial charge in [-0.25, -0.2) is 14.4 Å². The Bertz CT molecular complexity index is 2410. The smallest absolute Gasteiger partial charge is 0.262 e. The summed E-state index contributed by atoms with van der Waals surface area (Å²) in [6, 6.07) is 5.78. The van der Waals surface area contributed by atoms with Crippen molar-refractivity contribution in [1.29, 1.82) is 0 Å². The van der Waals surface area contributed by atoms with Crippen LogP contribution in [-0.4, -0.2) is 135 Å². The molecule has 62 heavy (non-hydrogen) atoms. The minimum atomic E-state index is -1.09. The molecular weight excluding hydrogens is 796 g/mol. The lowest BCUT2D eigenvalue weighted by molar-refractivity contribution is -0.136. The second-order valence-corrected chi connectivity index (χ2v) is 18.0. The molecule has 6 aliphatic heterocycles. The van der Waals surface area contributed by atoms with Gasteiger partial charge in [-0.3, -0.25) is 39.0 Å². The van der Waals surface area contributed by atoms with E-state index in [-0.39, 0.29) is 48.2 Å². The Morgan fingerprint density at radius 1 is 0.871 bits per heavy atom. The molecule has 0 saturated carbocycles. The maximum Gasteiger partial charge on any atom is 0.262 e. The number of likely N-dealkylation sites (tertiary alicyclic amines) is 1. The van der Waals surface area contributed by atoms with E-state index in [1.165, 1.54) is 6.07 Å². The molecule has 3 unspecified atom stereocenters. The van der Waals surface area contributed by atoms with Crippen LogP contribution in [-0.2, 0) is 14.3 Å². The van der Waals surface area contributed by atoms with Gasteiger partial charge >= 0.3 is 0 Å². The van der Waals surface area contributed by atoms with Crippen molar-refractivity contribution in [3.63, 3.8) is 0 Å².